The molecule has 3 rings (SSSR count). The molecule has 0 bridgehead atoms. The second-order valence-corrected chi connectivity index (χ2v) is 8.56. The molecule has 2 fully saturated rings. The van der Waals surface area contributed by atoms with Crippen LogP contribution < -0.4 is 10.6 Å². The van der Waals surface area contributed by atoms with Crippen LogP contribution in [-0.4, -0.2) is 23.0 Å². The summed E-state index contributed by atoms with van der Waals surface area (Å²) < 4.78 is 13.1. The van der Waals surface area contributed by atoms with E-state index in [0.29, 0.717) is 0 Å². The van der Waals surface area contributed by atoms with E-state index in [1.165, 1.54) is 12.1 Å². The van der Waals surface area contributed by atoms with E-state index in [4.69, 9.17) is 0 Å². The average molecular weight is 318 g/mol. The number of amides is 1. The van der Waals surface area contributed by atoms with Gasteiger partial charge in [-0.25, -0.2) is 4.39 Å². The van der Waals surface area contributed by atoms with Gasteiger partial charge in [0.15, 0.2) is 0 Å². The maximum absolute atomic E-state index is 13.1. The van der Waals surface area contributed by atoms with Gasteiger partial charge in [0.25, 0.3) is 0 Å². The quantitative estimate of drug-likeness (QED) is 0.898. The van der Waals surface area contributed by atoms with Crippen LogP contribution in [-0.2, 0) is 10.2 Å². The smallest absolute Gasteiger partial charge is 0.230 e. The van der Waals surface area contributed by atoms with Crippen molar-refractivity contribution >= 4 is 5.91 Å². The molecule has 126 valence electrons. The zero-order chi connectivity index (χ0) is 16.9. The van der Waals surface area contributed by atoms with E-state index < -0.39 is 5.41 Å². The normalized spacial score (nSPS) is 24.9. The minimum atomic E-state index is -0.438. The molecule has 1 aliphatic heterocycles. The Hall–Kier alpha value is -1.42. The number of carbonyl (C=O) groups is 1. The number of halogens is 1. The molecule has 1 saturated carbocycles. The van der Waals surface area contributed by atoms with Crippen molar-refractivity contribution in [2.45, 2.75) is 75.9 Å². The molecule has 0 unspecified atom stereocenters. The summed E-state index contributed by atoms with van der Waals surface area (Å²) in [5, 5.41) is 6.91. The van der Waals surface area contributed by atoms with Gasteiger partial charge in [-0.1, -0.05) is 12.1 Å². The summed E-state index contributed by atoms with van der Waals surface area (Å²) in [4.78, 5) is 12.9. The molecule has 1 aromatic carbocycles. The number of nitrogens with one attached hydrogen (secondary N) is 2. The Morgan fingerprint density at radius 2 is 1.61 bits per heavy atom. The number of carbonyl (C=O) groups excluding carboxylic acids is 1. The van der Waals surface area contributed by atoms with Crippen LogP contribution in [0.2, 0.25) is 0 Å². The topological polar surface area (TPSA) is 41.1 Å². The zero-order valence-corrected chi connectivity index (χ0v) is 14.5. The predicted molar refractivity (Wildman–Crippen MR) is 89.8 cm³/mol. The Balaban J connectivity index is 1.73. The van der Waals surface area contributed by atoms with Crippen LogP contribution in [0.3, 0.4) is 0 Å². The summed E-state index contributed by atoms with van der Waals surface area (Å²) in [5.74, 6) is -0.158. The van der Waals surface area contributed by atoms with Gasteiger partial charge in [0, 0.05) is 17.1 Å². The first-order valence-corrected chi connectivity index (χ1v) is 8.48. The molecule has 4 heteroatoms. The molecule has 1 aromatic rings. The fourth-order valence-corrected chi connectivity index (χ4v) is 4.29. The molecule has 1 saturated heterocycles. The van der Waals surface area contributed by atoms with Gasteiger partial charge >= 0.3 is 0 Å². The first-order valence-electron chi connectivity index (χ1n) is 8.48. The van der Waals surface area contributed by atoms with Crippen molar-refractivity contribution in [1.29, 1.82) is 0 Å². The van der Waals surface area contributed by atoms with E-state index in [0.717, 1.165) is 31.2 Å². The molecule has 1 amide bonds. The molecule has 0 radical (unpaired) electrons. The summed E-state index contributed by atoms with van der Waals surface area (Å²) >= 11 is 0. The summed E-state index contributed by atoms with van der Waals surface area (Å²) in [5.41, 5.74) is 0.509. The first-order chi connectivity index (χ1) is 10.6. The molecule has 0 atom stereocenters. The van der Waals surface area contributed by atoms with E-state index >= 15 is 0 Å². The fourth-order valence-electron chi connectivity index (χ4n) is 4.29. The van der Waals surface area contributed by atoms with Crippen molar-refractivity contribution in [1.82, 2.24) is 10.6 Å². The Bertz CT molecular complexity index is 586. The highest BCUT2D eigenvalue weighted by Crippen LogP contribution is 2.48. The monoisotopic (exact) mass is 318 g/mol. The van der Waals surface area contributed by atoms with Crippen LogP contribution in [0.25, 0.3) is 0 Å². The van der Waals surface area contributed by atoms with E-state index in [2.05, 4.69) is 38.3 Å². The first kappa shape index (κ1) is 16.4. The lowest BCUT2D eigenvalue weighted by atomic mass is 9.79. The molecule has 23 heavy (non-hydrogen) atoms. The van der Waals surface area contributed by atoms with Crippen LogP contribution in [0, 0.1) is 5.82 Å². The van der Waals surface area contributed by atoms with Crippen LogP contribution in [0.5, 0.6) is 0 Å². The number of benzene rings is 1. The highest BCUT2D eigenvalue weighted by molar-refractivity contribution is 5.91. The minimum absolute atomic E-state index is 0.00624. The van der Waals surface area contributed by atoms with Gasteiger partial charge in [-0.3, -0.25) is 4.79 Å². The molecule has 2 aliphatic rings. The maximum atomic E-state index is 13.1. The Kier molecular flexibility index (Phi) is 3.79. The van der Waals surface area contributed by atoms with Crippen molar-refractivity contribution in [2.75, 3.05) is 0 Å². The fraction of sp³-hybridized carbons (Fsp3) is 0.632. The third-order valence-electron chi connectivity index (χ3n) is 5.11. The second-order valence-electron chi connectivity index (χ2n) is 8.56. The van der Waals surface area contributed by atoms with Gasteiger partial charge in [0.1, 0.15) is 5.82 Å². The zero-order valence-electron chi connectivity index (χ0n) is 14.5. The number of hydrogen-bond acceptors (Lipinski definition) is 2. The van der Waals surface area contributed by atoms with Crippen molar-refractivity contribution in [3.05, 3.63) is 35.6 Å². The highest BCUT2D eigenvalue weighted by Gasteiger charge is 2.52. The van der Waals surface area contributed by atoms with Gasteiger partial charge in [-0.15, -0.1) is 0 Å². The maximum Gasteiger partial charge on any atom is 0.230 e. The standard InChI is InChI=1S/C19H27FN2O/c1-17(2)11-15(12-18(3,4)22-17)21-16(23)19(9-10-19)13-5-7-14(20)8-6-13/h5-8,15,22H,9-12H2,1-4H3,(H,21,23). The molecular weight excluding hydrogens is 291 g/mol. The SMILES string of the molecule is CC1(C)CC(NC(=O)C2(c3ccc(F)cc3)CC2)CC(C)(C)N1. The van der Waals surface area contributed by atoms with Gasteiger partial charge in [0.2, 0.25) is 5.91 Å². The van der Waals surface area contributed by atoms with Gasteiger partial charge in [-0.05, 0) is 71.1 Å². The molecule has 0 spiro atoms. The molecule has 1 heterocycles. The lowest BCUT2D eigenvalue weighted by molar-refractivity contribution is -0.124. The van der Waals surface area contributed by atoms with Crippen molar-refractivity contribution in [3.63, 3.8) is 0 Å². The lowest BCUT2D eigenvalue weighted by Crippen LogP contribution is -2.62. The lowest BCUT2D eigenvalue weighted by Gasteiger charge is -2.46. The average Bonchev–Trinajstić information content (AvgIpc) is 3.17. The summed E-state index contributed by atoms with van der Waals surface area (Å²) in [6.07, 6.45) is 3.54. The molecule has 2 N–H and O–H groups in total. The van der Waals surface area contributed by atoms with Crippen molar-refractivity contribution < 1.29 is 9.18 Å². The number of hydrogen-bond donors (Lipinski definition) is 2. The van der Waals surface area contributed by atoms with Gasteiger partial charge < -0.3 is 10.6 Å². The molecular formula is C19H27FN2O. The summed E-state index contributed by atoms with van der Waals surface area (Å²) in [6, 6.07) is 6.56. The highest BCUT2D eigenvalue weighted by atomic mass is 19.1. The van der Waals surface area contributed by atoms with Crippen LogP contribution in [0.4, 0.5) is 4.39 Å². The minimum Gasteiger partial charge on any atom is -0.352 e. The number of rotatable bonds is 3. The van der Waals surface area contributed by atoms with Gasteiger partial charge in [-0.2, -0.15) is 0 Å². The summed E-state index contributed by atoms with van der Waals surface area (Å²) in [7, 11) is 0. The molecule has 1 aliphatic carbocycles. The third kappa shape index (κ3) is 3.42. The third-order valence-corrected chi connectivity index (χ3v) is 5.11. The van der Waals surface area contributed by atoms with Crippen LogP contribution in [0.1, 0.15) is 58.9 Å². The van der Waals surface area contributed by atoms with Gasteiger partial charge in [0.05, 0.1) is 5.41 Å². The van der Waals surface area contributed by atoms with Crippen LogP contribution >= 0.6 is 0 Å². The summed E-state index contributed by atoms with van der Waals surface area (Å²) in [6.45, 7) is 8.72. The van der Waals surface area contributed by atoms with E-state index in [9.17, 15) is 9.18 Å². The van der Waals surface area contributed by atoms with E-state index in [1.807, 2.05) is 0 Å². The predicted octanol–water partition coefficient (Wildman–Crippen LogP) is 3.28. The van der Waals surface area contributed by atoms with Crippen molar-refractivity contribution in [2.24, 2.45) is 0 Å². The Morgan fingerprint density at radius 1 is 1.09 bits per heavy atom. The second kappa shape index (κ2) is 5.30. The van der Waals surface area contributed by atoms with E-state index in [-0.39, 0.29) is 28.8 Å². The Morgan fingerprint density at radius 3 is 2.09 bits per heavy atom. The van der Waals surface area contributed by atoms with Crippen LogP contribution in [0.15, 0.2) is 24.3 Å². The Labute approximate surface area is 138 Å². The van der Waals surface area contributed by atoms with E-state index in [1.54, 1.807) is 12.1 Å². The van der Waals surface area contributed by atoms with Crippen molar-refractivity contribution in [3.8, 4) is 0 Å². The largest absolute Gasteiger partial charge is 0.352 e. The molecule has 0 aromatic heterocycles. The molecule has 3 nitrogen and oxygen atoms in total. The number of piperidine rings is 1.